The van der Waals surface area contributed by atoms with Gasteiger partial charge < -0.3 is 15.1 Å². The average Bonchev–Trinajstić information content (AvgIpc) is 2.28. The largest absolute Gasteiger partial charge is 0.477 e. The van der Waals surface area contributed by atoms with Gasteiger partial charge in [0.2, 0.25) is 0 Å². The second-order valence-electron chi connectivity index (χ2n) is 3.27. The highest BCUT2D eigenvalue weighted by Gasteiger charge is 2.14. The molecule has 0 aliphatic carbocycles. The Kier molecular flexibility index (Phi) is 4.77. The van der Waals surface area contributed by atoms with Gasteiger partial charge in [0, 0.05) is 18.4 Å². The van der Waals surface area contributed by atoms with Crippen LogP contribution in [0.3, 0.4) is 0 Å². The molecule has 0 unspecified atom stereocenters. The van der Waals surface area contributed by atoms with E-state index < -0.39 is 18.9 Å². The predicted molar refractivity (Wildman–Crippen MR) is 56.5 cm³/mol. The fraction of sp³-hybridized carbons (Fsp3) is 0.400. The van der Waals surface area contributed by atoms with Crippen molar-refractivity contribution in [2.24, 2.45) is 0 Å². The van der Waals surface area contributed by atoms with E-state index in [9.17, 15) is 13.6 Å². The molecule has 0 fully saturated rings. The fourth-order valence-electron chi connectivity index (χ4n) is 1.35. The normalized spacial score (nSPS) is 10.6. The molecule has 2 N–H and O–H groups in total. The molecule has 1 heterocycles. The van der Waals surface area contributed by atoms with Crippen molar-refractivity contribution in [3.63, 3.8) is 0 Å². The summed E-state index contributed by atoms with van der Waals surface area (Å²) in [4.78, 5) is 15.5. The van der Waals surface area contributed by atoms with Gasteiger partial charge in [0.05, 0.1) is 13.2 Å². The van der Waals surface area contributed by atoms with Gasteiger partial charge in [-0.15, -0.1) is 0 Å². The van der Waals surface area contributed by atoms with E-state index in [4.69, 9.17) is 10.2 Å². The molecule has 0 aliphatic heterocycles. The van der Waals surface area contributed by atoms with Gasteiger partial charge in [0.1, 0.15) is 5.69 Å². The molecule has 1 aromatic heterocycles. The molecule has 0 spiro atoms. The number of hydrogen-bond donors (Lipinski definition) is 2. The molecule has 0 amide bonds. The minimum Gasteiger partial charge on any atom is -0.477 e. The predicted octanol–water partition coefficient (Wildman–Crippen LogP) is 0.844. The monoisotopic (exact) mass is 246 g/mol. The number of halogens is 2. The number of pyridine rings is 1. The molecule has 1 rings (SSSR count). The molecular weight excluding hydrogens is 234 g/mol. The van der Waals surface area contributed by atoms with E-state index in [1.165, 1.54) is 23.2 Å². The summed E-state index contributed by atoms with van der Waals surface area (Å²) >= 11 is 0. The van der Waals surface area contributed by atoms with Gasteiger partial charge in [-0.05, 0) is 12.1 Å². The number of hydrogen-bond acceptors (Lipinski definition) is 4. The Morgan fingerprint density at radius 2 is 2.24 bits per heavy atom. The first-order valence-electron chi connectivity index (χ1n) is 4.88. The summed E-state index contributed by atoms with van der Waals surface area (Å²) in [5.74, 6) is -1.23. The van der Waals surface area contributed by atoms with Crippen LogP contribution in [0.2, 0.25) is 0 Å². The number of carboxylic acids is 1. The van der Waals surface area contributed by atoms with E-state index in [1.807, 2.05) is 0 Å². The zero-order valence-electron chi connectivity index (χ0n) is 8.88. The number of aromatic carboxylic acids is 1. The third kappa shape index (κ3) is 3.95. The van der Waals surface area contributed by atoms with E-state index in [0.29, 0.717) is 5.69 Å². The van der Waals surface area contributed by atoms with Gasteiger partial charge in [-0.3, -0.25) is 0 Å². The molecule has 0 aliphatic rings. The summed E-state index contributed by atoms with van der Waals surface area (Å²) in [6.45, 7) is -0.853. The highest BCUT2D eigenvalue weighted by molar-refractivity contribution is 5.86. The van der Waals surface area contributed by atoms with Crippen LogP contribution in [0.15, 0.2) is 18.3 Å². The van der Waals surface area contributed by atoms with Gasteiger partial charge in [0.15, 0.2) is 0 Å². The highest BCUT2D eigenvalue weighted by Crippen LogP contribution is 2.15. The van der Waals surface area contributed by atoms with Crippen molar-refractivity contribution in [1.82, 2.24) is 4.98 Å². The molecule has 1 aromatic rings. The lowest BCUT2D eigenvalue weighted by atomic mass is 10.3. The third-order valence-corrected chi connectivity index (χ3v) is 2.06. The lowest BCUT2D eigenvalue weighted by Crippen LogP contribution is -2.31. The van der Waals surface area contributed by atoms with Crippen LogP contribution in [-0.2, 0) is 0 Å². The van der Waals surface area contributed by atoms with Crippen LogP contribution in [0.5, 0.6) is 0 Å². The topological polar surface area (TPSA) is 73.7 Å². The molecule has 0 saturated carbocycles. The van der Waals surface area contributed by atoms with Crippen LogP contribution in [0.25, 0.3) is 0 Å². The SMILES string of the molecule is O=C(O)c1cc(N(CCO)CC(F)F)ccn1. The maximum atomic E-state index is 12.3. The van der Waals surface area contributed by atoms with Crippen LogP contribution in [0.4, 0.5) is 14.5 Å². The molecule has 17 heavy (non-hydrogen) atoms. The van der Waals surface area contributed by atoms with Crippen LogP contribution in [0, 0.1) is 0 Å². The Morgan fingerprint density at radius 1 is 1.53 bits per heavy atom. The Balaban J connectivity index is 2.92. The summed E-state index contributed by atoms with van der Waals surface area (Å²) in [5, 5.41) is 17.5. The van der Waals surface area contributed by atoms with E-state index >= 15 is 0 Å². The number of carbonyl (C=O) groups is 1. The van der Waals surface area contributed by atoms with E-state index in [2.05, 4.69) is 4.98 Å². The van der Waals surface area contributed by atoms with Gasteiger partial charge in [-0.25, -0.2) is 18.6 Å². The summed E-state index contributed by atoms with van der Waals surface area (Å²) in [5.41, 5.74) is 0.0754. The number of alkyl halides is 2. The zero-order chi connectivity index (χ0) is 12.8. The summed E-state index contributed by atoms with van der Waals surface area (Å²) in [6.07, 6.45) is -1.34. The molecule has 0 aromatic carbocycles. The van der Waals surface area contributed by atoms with Crippen LogP contribution in [0.1, 0.15) is 10.5 Å². The number of rotatable bonds is 6. The average molecular weight is 246 g/mol. The lowest BCUT2D eigenvalue weighted by molar-refractivity contribution is 0.0690. The van der Waals surface area contributed by atoms with Crippen molar-refractivity contribution in [3.05, 3.63) is 24.0 Å². The zero-order valence-corrected chi connectivity index (χ0v) is 8.88. The minimum atomic E-state index is -2.57. The maximum absolute atomic E-state index is 12.3. The number of aromatic nitrogens is 1. The van der Waals surface area contributed by atoms with Crippen molar-refractivity contribution in [2.45, 2.75) is 6.43 Å². The number of aliphatic hydroxyl groups excluding tert-OH is 1. The van der Waals surface area contributed by atoms with Crippen LogP contribution >= 0.6 is 0 Å². The number of anilines is 1. The molecule has 0 radical (unpaired) electrons. The van der Waals surface area contributed by atoms with E-state index in [1.54, 1.807) is 0 Å². The second kappa shape index (κ2) is 6.09. The molecule has 5 nitrogen and oxygen atoms in total. The van der Waals surface area contributed by atoms with Crippen molar-refractivity contribution >= 4 is 11.7 Å². The molecule has 7 heteroatoms. The fourth-order valence-corrected chi connectivity index (χ4v) is 1.35. The summed E-state index contributed by atoms with van der Waals surface area (Å²) in [6, 6.07) is 2.62. The first kappa shape index (κ1) is 13.3. The van der Waals surface area contributed by atoms with Gasteiger partial charge in [0.25, 0.3) is 6.43 Å². The second-order valence-corrected chi connectivity index (χ2v) is 3.27. The van der Waals surface area contributed by atoms with Crippen molar-refractivity contribution in [3.8, 4) is 0 Å². The van der Waals surface area contributed by atoms with Gasteiger partial charge in [-0.2, -0.15) is 0 Å². The van der Waals surface area contributed by atoms with Gasteiger partial charge >= 0.3 is 5.97 Å². The molecule has 94 valence electrons. The van der Waals surface area contributed by atoms with Crippen LogP contribution in [-0.4, -0.2) is 47.3 Å². The molecular formula is C10H12F2N2O3. The summed E-state index contributed by atoms with van der Waals surface area (Å²) in [7, 11) is 0. The Morgan fingerprint density at radius 3 is 2.76 bits per heavy atom. The quantitative estimate of drug-likeness (QED) is 0.778. The van der Waals surface area contributed by atoms with Crippen molar-refractivity contribution in [2.75, 3.05) is 24.6 Å². The smallest absolute Gasteiger partial charge is 0.354 e. The standard InChI is InChI=1S/C10H12F2N2O3/c11-9(12)6-14(3-4-15)7-1-2-13-8(5-7)10(16)17/h1-2,5,9,15H,3-4,6H2,(H,16,17). The Bertz CT molecular complexity index is 388. The highest BCUT2D eigenvalue weighted by atomic mass is 19.3. The maximum Gasteiger partial charge on any atom is 0.354 e. The van der Waals surface area contributed by atoms with E-state index in [0.717, 1.165) is 0 Å². The molecule has 0 atom stereocenters. The third-order valence-electron chi connectivity index (χ3n) is 2.06. The first-order valence-corrected chi connectivity index (χ1v) is 4.88. The molecule has 0 bridgehead atoms. The summed E-state index contributed by atoms with van der Waals surface area (Å²) < 4.78 is 24.6. The molecule has 0 saturated heterocycles. The van der Waals surface area contributed by atoms with Gasteiger partial charge in [-0.1, -0.05) is 0 Å². The number of carboxylic acid groups (broad SMARTS) is 1. The first-order chi connectivity index (χ1) is 8.04. The number of aliphatic hydroxyl groups is 1. The Hall–Kier alpha value is -1.76. The lowest BCUT2D eigenvalue weighted by Gasteiger charge is -2.23. The Labute approximate surface area is 96.3 Å². The van der Waals surface area contributed by atoms with E-state index in [-0.39, 0.29) is 18.8 Å². The minimum absolute atomic E-state index is 0.00735. The van der Waals surface area contributed by atoms with Crippen molar-refractivity contribution < 1.29 is 23.8 Å². The number of nitrogens with zero attached hydrogens (tertiary/aromatic N) is 2. The van der Waals surface area contributed by atoms with Crippen molar-refractivity contribution in [1.29, 1.82) is 0 Å². The van der Waals surface area contributed by atoms with Crippen LogP contribution < -0.4 is 4.90 Å².